The number of carboxylic acid groups (broad SMARTS) is 1. The third-order valence-corrected chi connectivity index (χ3v) is 7.20. The van der Waals surface area contributed by atoms with Crippen LogP contribution in [0.4, 0.5) is 14.5 Å². The van der Waals surface area contributed by atoms with E-state index >= 15 is 4.39 Å². The largest absolute Gasteiger partial charge is 0.478 e. The first kappa shape index (κ1) is 27.7. The van der Waals surface area contributed by atoms with Crippen LogP contribution in [0.25, 0.3) is 27.1 Å². The fourth-order valence-electron chi connectivity index (χ4n) is 4.83. The lowest BCUT2D eigenvalue weighted by Crippen LogP contribution is -2.32. The minimum absolute atomic E-state index is 0.0107. The van der Waals surface area contributed by atoms with Crippen molar-refractivity contribution in [1.82, 2.24) is 19.1 Å². The van der Waals surface area contributed by atoms with E-state index in [1.807, 2.05) is 0 Å². The number of hydrogen-bond donors (Lipinski definition) is 1. The molecule has 0 amide bonds. The molecule has 2 aromatic carbocycles. The summed E-state index contributed by atoms with van der Waals surface area (Å²) >= 11 is 0. The van der Waals surface area contributed by atoms with Gasteiger partial charge in [0, 0.05) is 36.1 Å². The van der Waals surface area contributed by atoms with E-state index in [1.165, 1.54) is 34.9 Å². The number of aromatic nitrogens is 4. The fourth-order valence-corrected chi connectivity index (χ4v) is 4.83. The molecule has 1 aliphatic rings. The summed E-state index contributed by atoms with van der Waals surface area (Å²) < 4.78 is 43.7. The van der Waals surface area contributed by atoms with Crippen molar-refractivity contribution in [2.24, 2.45) is 0 Å². The molecule has 6 rings (SSSR count). The maximum absolute atomic E-state index is 15.3. The van der Waals surface area contributed by atoms with Gasteiger partial charge in [-0.25, -0.2) is 28.4 Å². The van der Waals surface area contributed by atoms with E-state index in [4.69, 9.17) is 16.0 Å². The number of hydrogen-bond acceptors (Lipinski definition) is 6. The minimum Gasteiger partial charge on any atom is -0.478 e. The zero-order chi connectivity index (χ0) is 30.1. The van der Waals surface area contributed by atoms with E-state index in [0.29, 0.717) is 23.7 Å². The second kappa shape index (κ2) is 11.5. The molecule has 43 heavy (non-hydrogen) atoms. The number of benzene rings is 2. The highest BCUT2D eigenvalue weighted by Gasteiger charge is 2.25. The number of imidazole rings is 1. The highest BCUT2D eigenvalue weighted by molar-refractivity contribution is 5.93. The lowest BCUT2D eigenvalue weighted by atomic mass is 10.1. The van der Waals surface area contributed by atoms with Crippen LogP contribution in [0.2, 0.25) is 0 Å². The van der Waals surface area contributed by atoms with Crippen LogP contribution in [0.15, 0.2) is 71.7 Å². The molecule has 4 heterocycles. The number of fused-ring (bicyclic) bond motifs is 1. The van der Waals surface area contributed by atoms with Gasteiger partial charge in [0.2, 0.25) is 5.88 Å². The molecule has 0 saturated carbocycles. The summed E-state index contributed by atoms with van der Waals surface area (Å²) in [5.74, 6) is -2.21. The van der Waals surface area contributed by atoms with Crippen LogP contribution in [0.5, 0.6) is 5.88 Å². The molecule has 1 N–H and O–H groups in total. The average Bonchev–Trinajstić information content (AvgIpc) is 3.32. The van der Waals surface area contributed by atoms with Crippen molar-refractivity contribution in [1.29, 1.82) is 0 Å². The maximum Gasteiger partial charge on any atom is 0.338 e. The highest BCUT2D eigenvalue weighted by atomic mass is 19.1. The molecule has 1 fully saturated rings. The minimum atomic E-state index is -1.38. The van der Waals surface area contributed by atoms with Crippen molar-refractivity contribution in [2.45, 2.75) is 32.2 Å². The second-order valence-corrected chi connectivity index (χ2v) is 9.94. The van der Waals surface area contributed by atoms with Gasteiger partial charge >= 0.3 is 5.97 Å². The van der Waals surface area contributed by atoms with Gasteiger partial charge in [0.1, 0.15) is 23.8 Å². The smallest absolute Gasteiger partial charge is 0.338 e. The molecular weight excluding hydrogens is 560 g/mol. The zero-order valence-electron chi connectivity index (χ0n) is 22.5. The van der Waals surface area contributed by atoms with Crippen LogP contribution in [-0.4, -0.2) is 42.9 Å². The van der Waals surface area contributed by atoms with Gasteiger partial charge < -0.3 is 23.7 Å². The summed E-state index contributed by atoms with van der Waals surface area (Å²) in [7, 11) is 0. The number of pyridine rings is 2. The highest BCUT2D eigenvalue weighted by Crippen LogP contribution is 2.26. The van der Waals surface area contributed by atoms with E-state index in [-0.39, 0.29) is 59.5 Å². The molecule has 0 radical (unpaired) electrons. The average molecular weight is 584 g/mol. The summed E-state index contributed by atoms with van der Waals surface area (Å²) in [6.45, 7) is 7.75. The lowest BCUT2D eigenvalue weighted by Gasteiger charge is -2.27. The Morgan fingerprint density at radius 2 is 1.98 bits per heavy atom. The van der Waals surface area contributed by atoms with Crippen LogP contribution < -0.4 is 10.3 Å². The van der Waals surface area contributed by atoms with Gasteiger partial charge in [-0.3, -0.25) is 4.79 Å². The van der Waals surface area contributed by atoms with Crippen molar-refractivity contribution in [2.75, 3.05) is 6.61 Å². The summed E-state index contributed by atoms with van der Waals surface area (Å²) in [5, 5.41) is 9.40. The summed E-state index contributed by atoms with van der Waals surface area (Å²) in [6.07, 6.45) is 2.18. The summed E-state index contributed by atoms with van der Waals surface area (Å²) in [5.41, 5.74) is 0.964. The van der Waals surface area contributed by atoms with E-state index < -0.39 is 23.2 Å². The van der Waals surface area contributed by atoms with Crippen molar-refractivity contribution < 1.29 is 28.2 Å². The molecule has 0 spiro atoms. The Morgan fingerprint density at radius 1 is 1.14 bits per heavy atom. The predicted octanol–water partition coefficient (Wildman–Crippen LogP) is 5.20. The molecule has 0 bridgehead atoms. The van der Waals surface area contributed by atoms with E-state index in [9.17, 15) is 19.1 Å². The Hall–Kier alpha value is -5.41. The molecule has 12 heteroatoms. The van der Waals surface area contributed by atoms with Gasteiger partial charge in [-0.15, -0.1) is 0 Å². The van der Waals surface area contributed by atoms with Crippen molar-refractivity contribution >= 4 is 22.7 Å². The molecule has 5 aromatic rings. The molecule has 1 aliphatic heterocycles. The summed E-state index contributed by atoms with van der Waals surface area (Å²) in [6, 6.07) is 14.9. The number of ether oxygens (including phenoxy) is 2. The standard InChI is InChI=1S/C31H23F2N5O5/c1-34-20-6-5-19(23(32)14-20)17-43-27-4-2-3-24(36-27)18-9-11-37(28(39)13-18)16-26-35-25-8-7-22(31(40)41)29(33)30(25)38(26)15-21-10-12-42-21/h2-9,11,13-14,21H,10,12,15-17H2,(H,40,41)/t21-/m0/s1. The first-order valence-corrected chi connectivity index (χ1v) is 13.3. The number of halogens is 2. The molecule has 1 saturated heterocycles. The van der Waals surface area contributed by atoms with Crippen LogP contribution in [0.1, 0.15) is 28.2 Å². The Bertz CT molecular complexity index is 1980. The number of carboxylic acids is 1. The number of nitrogens with zero attached hydrogens (tertiary/aromatic N) is 5. The third-order valence-electron chi connectivity index (χ3n) is 7.20. The van der Waals surface area contributed by atoms with Crippen LogP contribution in [0, 0.1) is 18.2 Å². The second-order valence-electron chi connectivity index (χ2n) is 9.94. The van der Waals surface area contributed by atoms with E-state index in [1.54, 1.807) is 35.0 Å². The van der Waals surface area contributed by atoms with E-state index in [0.717, 1.165) is 12.5 Å². The van der Waals surface area contributed by atoms with Crippen LogP contribution in [-0.2, 0) is 24.4 Å². The normalized spacial score (nSPS) is 14.3. The molecule has 216 valence electrons. The molecule has 1 atom stereocenters. The number of carbonyl (C=O) groups is 1. The van der Waals surface area contributed by atoms with Crippen LogP contribution >= 0.6 is 0 Å². The van der Waals surface area contributed by atoms with Gasteiger partial charge in [-0.1, -0.05) is 18.2 Å². The predicted molar refractivity (Wildman–Crippen MR) is 151 cm³/mol. The lowest BCUT2D eigenvalue weighted by molar-refractivity contribution is -0.0590. The van der Waals surface area contributed by atoms with Crippen molar-refractivity contribution in [3.8, 4) is 17.1 Å². The van der Waals surface area contributed by atoms with Crippen LogP contribution in [0.3, 0.4) is 0 Å². The quantitative estimate of drug-likeness (QED) is 0.237. The summed E-state index contributed by atoms with van der Waals surface area (Å²) in [4.78, 5) is 36.9. The molecular formula is C31H23F2N5O5. The Kier molecular flexibility index (Phi) is 7.40. The molecule has 3 aromatic heterocycles. The van der Waals surface area contributed by atoms with Crippen molar-refractivity contribution in [3.63, 3.8) is 0 Å². The molecule has 0 aliphatic carbocycles. The SMILES string of the molecule is [C-]#[N+]c1ccc(COc2cccc(-c3ccn(Cc4nc5ccc(C(=O)O)c(F)c5n4C[C@@H]4CCO4)c(=O)c3)n2)c(F)c1. The first-order valence-electron chi connectivity index (χ1n) is 13.3. The monoisotopic (exact) mass is 583 g/mol. The Balaban J connectivity index is 1.25. The van der Waals surface area contributed by atoms with Gasteiger partial charge in [0.25, 0.3) is 5.56 Å². The van der Waals surface area contributed by atoms with Gasteiger partial charge in [0.05, 0.1) is 42.5 Å². The number of rotatable bonds is 9. The zero-order valence-corrected chi connectivity index (χ0v) is 22.5. The fraction of sp³-hybridized carbons (Fsp3) is 0.194. The molecule has 0 unspecified atom stereocenters. The first-order chi connectivity index (χ1) is 20.8. The number of aromatic carboxylic acids is 1. The van der Waals surface area contributed by atoms with E-state index in [2.05, 4.69) is 14.8 Å². The Morgan fingerprint density at radius 3 is 2.67 bits per heavy atom. The topological polar surface area (TPSA) is 113 Å². The van der Waals surface area contributed by atoms with Crippen molar-refractivity contribution in [3.05, 3.63) is 117 Å². The van der Waals surface area contributed by atoms with Gasteiger partial charge in [-0.2, -0.15) is 0 Å². The third kappa shape index (κ3) is 5.58. The van der Waals surface area contributed by atoms with Gasteiger partial charge in [0.15, 0.2) is 11.5 Å². The van der Waals surface area contributed by atoms with Gasteiger partial charge in [-0.05, 0) is 36.8 Å². The Labute approximate surface area is 243 Å². The molecule has 10 nitrogen and oxygen atoms in total. The maximum atomic E-state index is 15.3.